The van der Waals surface area contributed by atoms with E-state index in [1.807, 2.05) is 10.9 Å². The molecule has 2 heterocycles. The van der Waals surface area contributed by atoms with E-state index < -0.39 is 0 Å². The van der Waals surface area contributed by atoms with Crippen LogP contribution in [-0.4, -0.2) is 53.5 Å². The number of piperidine rings is 1. The third-order valence-corrected chi connectivity index (χ3v) is 6.15. The lowest BCUT2D eigenvalue weighted by atomic mass is 9.82. The summed E-state index contributed by atoms with van der Waals surface area (Å²) in [6, 6.07) is 21.3. The number of fused-ring (bicyclic) bond motifs is 1. The molecule has 4 nitrogen and oxygen atoms in total. The van der Waals surface area contributed by atoms with Crippen molar-refractivity contribution in [2.75, 3.05) is 33.4 Å². The molecule has 2 aromatic carbocycles. The molecule has 4 rings (SSSR count). The Kier molecular flexibility index (Phi) is 8.96. The van der Waals surface area contributed by atoms with Crippen molar-refractivity contribution in [3.05, 3.63) is 77.4 Å². The summed E-state index contributed by atoms with van der Waals surface area (Å²) in [6.45, 7) is 2.02. The summed E-state index contributed by atoms with van der Waals surface area (Å²) in [5, 5.41) is 5.82. The van der Waals surface area contributed by atoms with Gasteiger partial charge in [-0.2, -0.15) is 0 Å². The van der Waals surface area contributed by atoms with E-state index in [4.69, 9.17) is 10.8 Å². The van der Waals surface area contributed by atoms with Gasteiger partial charge in [-0.05, 0) is 35.2 Å². The van der Waals surface area contributed by atoms with Crippen molar-refractivity contribution in [3.8, 4) is 0 Å². The molecule has 0 saturated carbocycles. The number of hydrogen-bond acceptors (Lipinski definition) is 2. The minimum atomic E-state index is 0. The van der Waals surface area contributed by atoms with Crippen LogP contribution in [0.4, 0.5) is 0 Å². The Balaban J connectivity index is 0.00000160. The van der Waals surface area contributed by atoms with Crippen molar-refractivity contribution in [2.45, 2.75) is 6.04 Å². The van der Waals surface area contributed by atoms with Gasteiger partial charge in [-0.3, -0.25) is 5.73 Å². The van der Waals surface area contributed by atoms with Crippen molar-refractivity contribution in [1.29, 1.82) is 0 Å². The molecule has 160 valence electrons. The van der Waals surface area contributed by atoms with E-state index >= 15 is 0 Å². The minimum Gasteiger partial charge on any atom is -1.00 e. The van der Waals surface area contributed by atoms with Gasteiger partial charge in [0.25, 0.3) is 0 Å². The van der Waals surface area contributed by atoms with Gasteiger partial charge >= 0.3 is 5.17 Å². The number of hydrazone groups is 1. The molecule has 0 radical (unpaired) electrons. The summed E-state index contributed by atoms with van der Waals surface area (Å²) in [7, 11) is 4.62. The molecule has 1 fully saturated rings. The summed E-state index contributed by atoms with van der Waals surface area (Å²) in [5.41, 5.74) is 11.4. The molecule has 0 amide bonds. The maximum absolute atomic E-state index is 6.40. The van der Waals surface area contributed by atoms with Gasteiger partial charge in [-0.1, -0.05) is 65.8 Å². The van der Waals surface area contributed by atoms with Gasteiger partial charge in [0.1, 0.15) is 18.2 Å². The number of nitrogens with zero attached hydrogens (tertiary/aromatic N) is 3. The van der Waals surface area contributed by atoms with Gasteiger partial charge in [0, 0.05) is 5.57 Å². The van der Waals surface area contributed by atoms with Crippen LogP contribution in [0.25, 0.3) is 6.08 Å². The molecule has 2 aromatic rings. The smallest absolute Gasteiger partial charge is 0.329 e. The van der Waals surface area contributed by atoms with E-state index in [0.29, 0.717) is 5.92 Å². The normalized spacial score (nSPS) is 24.9. The second-order valence-electron chi connectivity index (χ2n) is 8.19. The first kappa shape index (κ1) is 25.4. The fourth-order valence-corrected chi connectivity index (χ4v) is 4.72. The monoisotopic (exact) mass is 646 g/mol. The van der Waals surface area contributed by atoms with Crippen molar-refractivity contribution in [3.63, 3.8) is 0 Å². The van der Waals surface area contributed by atoms with Crippen LogP contribution in [-0.2, 0) is 0 Å². The number of rotatable bonds is 2. The SMILES string of the molecule is CS/C(N)=[N+]1N=C2/C(=C/c3ccccc3)C[N+](C)(C)C[C@H]2[C@H]/1c1ccccc1.[I-].[I-]. The Bertz CT molecular complexity index is 956. The Morgan fingerprint density at radius 1 is 1.07 bits per heavy atom. The fourth-order valence-electron chi connectivity index (χ4n) is 4.37. The summed E-state index contributed by atoms with van der Waals surface area (Å²) >= 11 is 1.56. The number of halogens is 2. The molecule has 0 unspecified atom stereocenters. The third kappa shape index (κ3) is 5.28. The highest BCUT2D eigenvalue weighted by Gasteiger charge is 2.49. The topological polar surface area (TPSA) is 41.4 Å². The van der Waals surface area contributed by atoms with Gasteiger partial charge in [0.15, 0.2) is 6.04 Å². The zero-order valence-electron chi connectivity index (χ0n) is 17.5. The van der Waals surface area contributed by atoms with Crippen LogP contribution in [0.5, 0.6) is 0 Å². The minimum absolute atomic E-state index is 0. The Morgan fingerprint density at radius 2 is 1.67 bits per heavy atom. The molecular formula is C23H28I2N4S. The molecule has 2 aliphatic heterocycles. The lowest BCUT2D eigenvalue weighted by Gasteiger charge is -2.38. The van der Waals surface area contributed by atoms with E-state index in [-0.39, 0.29) is 54.0 Å². The average Bonchev–Trinajstić information content (AvgIpc) is 3.07. The predicted octanol–water partition coefficient (Wildman–Crippen LogP) is -2.41. The Hall–Kier alpha value is -0.910. The molecule has 0 spiro atoms. The van der Waals surface area contributed by atoms with E-state index in [9.17, 15) is 0 Å². The lowest BCUT2D eigenvalue weighted by Crippen LogP contribution is -3.00. The van der Waals surface area contributed by atoms with Gasteiger partial charge < -0.3 is 52.4 Å². The maximum Gasteiger partial charge on any atom is 0.329 e. The number of nitrogens with two attached hydrogens (primary N) is 1. The summed E-state index contributed by atoms with van der Waals surface area (Å²) in [6.07, 6.45) is 4.31. The molecule has 2 N–H and O–H groups in total. The van der Waals surface area contributed by atoms with Crippen LogP contribution in [0.1, 0.15) is 17.2 Å². The highest BCUT2D eigenvalue weighted by molar-refractivity contribution is 8.12. The number of hydrogen-bond donors (Lipinski definition) is 1. The molecule has 30 heavy (non-hydrogen) atoms. The van der Waals surface area contributed by atoms with Crippen LogP contribution < -0.4 is 53.7 Å². The summed E-state index contributed by atoms with van der Waals surface area (Å²) < 4.78 is 2.99. The Morgan fingerprint density at radius 3 is 2.27 bits per heavy atom. The number of quaternary nitrogens is 1. The second-order valence-corrected chi connectivity index (χ2v) is 9.02. The van der Waals surface area contributed by atoms with Gasteiger partial charge in [0.05, 0.1) is 20.6 Å². The van der Waals surface area contributed by atoms with Crippen LogP contribution in [0.15, 0.2) is 71.3 Å². The van der Waals surface area contributed by atoms with Crippen LogP contribution >= 0.6 is 11.8 Å². The van der Waals surface area contributed by atoms with E-state index in [0.717, 1.165) is 22.7 Å². The summed E-state index contributed by atoms with van der Waals surface area (Å²) in [5.74, 6) is 0.312. The van der Waals surface area contributed by atoms with Gasteiger partial charge in [-0.15, -0.1) is 4.68 Å². The number of benzene rings is 2. The van der Waals surface area contributed by atoms with Gasteiger partial charge in [-0.25, -0.2) is 0 Å². The van der Waals surface area contributed by atoms with Crippen LogP contribution in [0, 0.1) is 5.92 Å². The highest BCUT2D eigenvalue weighted by Crippen LogP contribution is 2.40. The first-order valence-electron chi connectivity index (χ1n) is 9.65. The molecule has 0 bridgehead atoms. The van der Waals surface area contributed by atoms with Gasteiger partial charge in [0.2, 0.25) is 0 Å². The van der Waals surface area contributed by atoms with Crippen LogP contribution in [0.3, 0.4) is 0 Å². The first-order chi connectivity index (χ1) is 13.5. The molecule has 0 aromatic heterocycles. The van der Waals surface area contributed by atoms with Crippen molar-refractivity contribution >= 4 is 28.7 Å². The van der Waals surface area contributed by atoms with E-state index in [1.165, 1.54) is 22.4 Å². The fraction of sp³-hybridized carbons (Fsp3) is 0.304. The second kappa shape index (κ2) is 10.6. The first-order valence-corrected chi connectivity index (χ1v) is 10.9. The zero-order valence-corrected chi connectivity index (χ0v) is 22.6. The molecule has 2 atom stereocenters. The van der Waals surface area contributed by atoms with Crippen molar-refractivity contribution in [1.82, 2.24) is 0 Å². The largest absolute Gasteiger partial charge is 1.00 e. The standard InChI is InChI=1S/C23H27N4S.2HI/c1-27(2)15-19(14-17-10-6-4-7-11-17)21-20(16-27)22(18-12-8-5-9-13-18)26(25-21)23(24)28-3;;/h4-14,20,22,24H,15-16H2,1-3H3;2*1H/q+1;;/p-1/b19-14+;;/t20-,22-;;/m1../s1. The number of thioether (sulfide) groups is 1. The molecule has 2 aliphatic rings. The zero-order chi connectivity index (χ0) is 19.7. The van der Waals surface area contributed by atoms with Crippen molar-refractivity contribution < 1.29 is 57.1 Å². The lowest BCUT2D eigenvalue weighted by molar-refractivity contribution is -0.890. The number of amidine groups is 1. The van der Waals surface area contributed by atoms with Crippen molar-refractivity contribution in [2.24, 2.45) is 16.8 Å². The quantitative estimate of drug-likeness (QED) is 0.171. The number of likely N-dealkylation sites (tertiary alicyclic amines) is 1. The van der Waals surface area contributed by atoms with E-state index in [2.05, 4.69) is 80.8 Å². The highest BCUT2D eigenvalue weighted by atomic mass is 127. The predicted molar refractivity (Wildman–Crippen MR) is 119 cm³/mol. The Labute approximate surface area is 217 Å². The molecule has 1 saturated heterocycles. The third-order valence-electron chi connectivity index (χ3n) is 5.55. The summed E-state index contributed by atoms with van der Waals surface area (Å²) in [4.78, 5) is 0. The molecule has 0 aliphatic carbocycles. The number of likely N-dealkylation sites (N-methyl/N-ethyl adjacent to an activating group) is 1. The average molecular weight is 646 g/mol. The van der Waals surface area contributed by atoms with Crippen LogP contribution in [0.2, 0.25) is 0 Å². The van der Waals surface area contributed by atoms with E-state index in [1.54, 1.807) is 11.8 Å². The molecule has 7 heteroatoms. The molecular weight excluding hydrogens is 618 g/mol. The maximum atomic E-state index is 6.40.